The number of hydrogen-bond donors (Lipinski definition) is 2. The van der Waals surface area contributed by atoms with Gasteiger partial charge in [-0.05, 0) is 42.7 Å². The molecule has 0 atom stereocenters. The maximum Gasteiger partial charge on any atom is 0.337 e. The van der Waals surface area contributed by atoms with Crippen LogP contribution < -0.4 is 5.32 Å². The molecule has 164 valence electrons. The van der Waals surface area contributed by atoms with Crippen LogP contribution in [0.4, 0.5) is 5.69 Å². The number of thioether (sulfide) groups is 1. The summed E-state index contributed by atoms with van der Waals surface area (Å²) in [5.74, 6) is -1.60. The zero-order valence-electron chi connectivity index (χ0n) is 17.4. The summed E-state index contributed by atoms with van der Waals surface area (Å²) in [5.41, 5.74) is 2.27. The third kappa shape index (κ3) is 6.15. The molecular weight excluding hydrogens is 444 g/mol. The summed E-state index contributed by atoms with van der Waals surface area (Å²) < 4.78 is 0.463. The molecule has 1 aliphatic rings. The molecule has 2 amide bonds. The molecule has 0 radical (unpaired) electrons. The van der Waals surface area contributed by atoms with Gasteiger partial charge in [0.2, 0.25) is 5.91 Å². The number of benzene rings is 2. The molecule has 0 spiro atoms. The fourth-order valence-electron chi connectivity index (χ4n) is 3.14. The van der Waals surface area contributed by atoms with Crippen LogP contribution in [0.3, 0.4) is 0 Å². The molecule has 2 aromatic carbocycles. The van der Waals surface area contributed by atoms with Crippen LogP contribution in [0, 0.1) is 0 Å². The number of carbonyl (C=O) groups is 3. The number of para-hydroxylation sites is 1. The van der Waals surface area contributed by atoms with Gasteiger partial charge in [-0.3, -0.25) is 14.5 Å². The van der Waals surface area contributed by atoms with E-state index in [9.17, 15) is 19.5 Å². The highest BCUT2D eigenvalue weighted by molar-refractivity contribution is 8.26. The second kappa shape index (κ2) is 10.9. The molecule has 6 nitrogen and oxygen atoms in total. The predicted molar refractivity (Wildman–Crippen MR) is 131 cm³/mol. The second-order valence-electron chi connectivity index (χ2n) is 7.13. The van der Waals surface area contributed by atoms with E-state index in [0.29, 0.717) is 22.2 Å². The highest BCUT2D eigenvalue weighted by atomic mass is 32.2. The largest absolute Gasteiger partial charge is 0.478 e. The maximum absolute atomic E-state index is 12.7. The zero-order chi connectivity index (χ0) is 23.1. The molecule has 1 aliphatic heterocycles. The Morgan fingerprint density at radius 2 is 1.81 bits per heavy atom. The summed E-state index contributed by atoms with van der Waals surface area (Å²) in [7, 11) is 0. The van der Waals surface area contributed by atoms with Gasteiger partial charge in [0.15, 0.2) is 0 Å². The monoisotopic (exact) mass is 466 g/mol. The van der Waals surface area contributed by atoms with E-state index < -0.39 is 5.97 Å². The molecule has 0 saturated carbocycles. The molecule has 3 rings (SSSR count). The van der Waals surface area contributed by atoms with Crippen LogP contribution in [0.25, 0.3) is 6.08 Å². The Labute approximate surface area is 196 Å². The summed E-state index contributed by atoms with van der Waals surface area (Å²) in [6, 6.07) is 16.1. The van der Waals surface area contributed by atoms with Crippen molar-refractivity contribution in [1.82, 2.24) is 4.90 Å². The van der Waals surface area contributed by atoms with Gasteiger partial charge in [0.05, 0.1) is 16.2 Å². The minimum absolute atomic E-state index is 0.0295. The molecule has 2 aromatic rings. The highest BCUT2D eigenvalue weighted by Gasteiger charge is 2.31. The normalized spacial score (nSPS) is 15.3. The summed E-state index contributed by atoms with van der Waals surface area (Å²) >= 11 is 6.60. The van der Waals surface area contributed by atoms with Gasteiger partial charge in [0, 0.05) is 13.0 Å². The van der Waals surface area contributed by atoms with Crippen molar-refractivity contribution in [2.24, 2.45) is 0 Å². The van der Waals surface area contributed by atoms with E-state index in [1.165, 1.54) is 22.7 Å². The average Bonchev–Trinajstić information content (AvgIpc) is 3.01. The van der Waals surface area contributed by atoms with Gasteiger partial charge in [-0.1, -0.05) is 72.5 Å². The number of anilines is 1. The molecule has 1 fully saturated rings. The van der Waals surface area contributed by atoms with Crippen LogP contribution in [0.15, 0.2) is 71.2 Å². The summed E-state index contributed by atoms with van der Waals surface area (Å²) in [5, 5.41) is 11.8. The number of carboxylic acids is 1. The van der Waals surface area contributed by atoms with E-state index in [-0.39, 0.29) is 29.5 Å². The van der Waals surface area contributed by atoms with Crippen molar-refractivity contribution in [3.8, 4) is 0 Å². The van der Waals surface area contributed by atoms with Crippen LogP contribution in [0.5, 0.6) is 0 Å². The lowest BCUT2D eigenvalue weighted by Crippen LogP contribution is -2.29. The lowest BCUT2D eigenvalue weighted by molar-refractivity contribution is -0.122. The van der Waals surface area contributed by atoms with Gasteiger partial charge in [0.25, 0.3) is 5.91 Å². The Morgan fingerprint density at radius 1 is 1.12 bits per heavy atom. The third-order valence-electron chi connectivity index (χ3n) is 4.64. The number of nitrogens with zero attached hydrogens (tertiary/aromatic N) is 1. The number of carbonyl (C=O) groups excluding carboxylic acids is 2. The van der Waals surface area contributed by atoms with Crippen molar-refractivity contribution >= 4 is 57.8 Å². The smallest absolute Gasteiger partial charge is 0.337 e. The lowest BCUT2D eigenvalue weighted by Gasteiger charge is -2.14. The molecule has 2 N–H and O–H groups in total. The van der Waals surface area contributed by atoms with Gasteiger partial charge in [-0.15, -0.1) is 0 Å². The molecule has 0 bridgehead atoms. The lowest BCUT2D eigenvalue weighted by atomic mass is 10.1. The van der Waals surface area contributed by atoms with Gasteiger partial charge in [-0.2, -0.15) is 0 Å². The van der Waals surface area contributed by atoms with E-state index in [1.54, 1.807) is 18.2 Å². The SMILES string of the molecule is CC(/C=C1\SC(=S)N(CCCC(=O)Nc2ccccc2C(=O)O)C1=O)=C\c1ccccc1. The maximum atomic E-state index is 12.7. The molecule has 8 heteroatoms. The van der Waals surface area contributed by atoms with Gasteiger partial charge in [-0.25, -0.2) is 4.79 Å². The number of allylic oxidation sites excluding steroid dienone is 2. The average molecular weight is 467 g/mol. The minimum atomic E-state index is -1.11. The molecule has 0 aromatic heterocycles. The molecule has 32 heavy (non-hydrogen) atoms. The van der Waals surface area contributed by atoms with Crippen molar-refractivity contribution in [2.45, 2.75) is 19.8 Å². The first-order valence-electron chi connectivity index (χ1n) is 9.96. The Bertz CT molecular complexity index is 1110. The predicted octanol–water partition coefficient (Wildman–Crippen LogP) is 4.95. The van der Waals surface area contributed by atoms with Gasteiger partial charge in [0.1, 0.15) is 4.32 Å². The summed E-state index contributed by atoms with van der Waals surface area (Å²) in [4.78, 5) is 38.3. The molecule has 1 heterocycles. The number of thiocarbonyl (C=S) groups is 1. The quantitative estimate of drug-likeness (QED) is 0.423. The topological polar surface area (TPSA) is 86.7 Å². The molecular formula is C24H22N2O4S2. The van der Waals surface area contributed by atoms with E-state index in [0.717, 1.165) is 11.1 Å². The van der Waals surface area contributed by atoms with Crippen molar-refractivity contribution in [3.05, 3.63) is 82.3 Å². The molecule has 0 aliphatic carbocycles. The fraction of sp³-hybridized carbons (Fsp3) is 0.167. The Hall–Kier alpha value is -3.23. The first-order valence-corrected chi connectivity index (χ1v) is 11.2. The van der Waals surface area contributed by atoms with E-state index in [4.69, 9.17) is 12.2 Å². The summed E-state index contributed by atoms with van der Waals surface area (Å²) in [6.45, 7) is 2.25. The number of hydrogen-bond acceptors (Lipinski definition) is 5. The highest BCUT2D eigenvalue weighted by Crippen LogP contribution is 2.32. The molecule has 0 unspecified atom stereocenters. The number of aromatic carboxylic acids is 1. The molecule has 1 saturated heterocycles. The van der Waals surface area contributed by atoms with Gasteiger partial charge >= 0.3 is 5.97 Å². The number of nitrogens with one attached hydrogen (secondary N) is 1. The van der Waals surface area contributed by atoms with Crippen molar-refractivity contribution < 1.29 is 19.5 Å². The number of rotatable bonds is 8. The van der Waals surface area contributed by atoms with Crippen LogP contribution >= 0.6 is 24.0 Å². The first kappa shape index (κ1) is 23.4. The van der Waals surface area contributed by atoms with Crippen LogP contribution in [-0.4, -0.2) is 38.7 Å². The van der Waals surface area contributed by atoms with Crippen molar-refractivity contribution in [1.29, 1.82) is 0 Å². The second-order valence-corrected chi connectivity index (χ2v) is 8.81. The first-order chi connectivity index (χ1) is 15.3. The van der Waals surface area contributed by atoms with Crippen LogP contribution in [0.1, 0.15) is 35.7 Å². The van der Waals surface area contributed by atoms with E-state index in [1.807, 2.05) is 49.4 Å². The summed E-state index contributed by atoms with van der Waals surface area (Å²) in [6.07, 6.45) is 4.35. The zero-order valence-corrected chi connectivity index (χ0v) is 19.0. The Kier molecular flexibility index (Phi) is 7.97. The van der Waals surface area contributed by atoms with Crippen molar-refractivity contribution in [2.75, 3.05) is 11.9 Å². The van der Waals surface area contributed by atoms with Crippen LogP contribution in [-0.2, 0) is 9.59 Å². The fourth-order valence-corrected chi connectivity index (χ4v) is 4.50. The van der Waals surface area contributed by atoms with Gasteiger partial charge < -0.3 is 10.4 Å². The van der Waals surface area contributed by atoms with E-state index in [2.05, 4.69) is 5.32 Å². The Morgan fingerprint density at radius 3 is 2.53 bits per heavy atom. The van der Waals surface area contributed by atoms with E-state index >= 15 is 0 Å². The Balaban J connectivity index is 1.55. The number of carboxylic acid groups (broad SMARTS) is 1. The third-order valence-corrected chi connectivity index (χ3v) is 6.02. The minimum Gasteiger partial charge on any atom is -0.478 e. The van der Waals surface area contributed by atoms with Crippen LogP contribution in [0.2, 0.25) is 0 Å². The number of amides is 2. The van der Waals surface area contributed by atoms with Crippen molar-refractivity contribution in [3.63, 3.8) is 0 Å². The standard InChI is InChI=1S/C24H22N2O4S2/c1-16(14-17-8-3-2-4-9-17)15-20-22(28)26(24(31)32-20)13-7-12-21(27)25-19-11-6-5-10-18(19)23(29)30/h2-6,8-11,14-15H,7,12-13H2,1H3,(H,25,27)(H,29,30)/b16-14+,20-15-.